The van der Waals surface area contributed by atoms with Crippen LogP contribution < -0.4 is 10.6 Å². The molecule has 1 aromatic rings. The molecule has 8 heteroatoms. The highest BCUT2D eigenvalue weighted by molar-refractivity contribution is 5.98. The molecule has 2 aliphatic carbocycles. The number of aryl methyl sites for hydroxylation is 1. The lowest BCUT2D eigenvalue weighted by molar-refractivity contribution is -0.117. The van der Waals surface area contributed by atoms with Crippen molar-refractivity contribution in [1.82, 2.24) is 15.5 Å². The van der Waals surface area contributed by atoms with Crippen molar-refractivity contribution in [2.24, 2.45) is 0 Å². The van der Waals surface area contributed by atoms with Gasteiger partial charge in [-0.2, -0.15) is 0 Å². The number of halogens is 2. The summed E-state index contributed by atoms with van der Waals surface area (Å²) < 4.78 is 25.9. The van der Waals surface area contributed by atoms with E-state index >= 15 is 0 Å². The number of imide groups is 1. The molecule has 2 saturated carbocycles. The first-order valence-corrected chi connectivity index (χ1v) is 15.4. The molecular formula is C32H55F2N3O3. The molecule has 1 aliphatic heterocycles. The van der Waals surface area contributed by atoms with Gasteiger partial charge in [-0.1, -0.05) is 78.0 Å². The smallest absolute Gasteiger partial charge is 0.254 e. The van der Waals surface area contributed by atoms with Crippen molar-refractivity contribution in [3.05, 3.63) is 34.9 Å². The minimum Gasteiger partial charge on any atom is -0.332 e. The van der Waals surface area contributed by atoms with Gasteiger partial charge in [0.2, 0.25) is 18.7 Å². The molecule has 2 N–H and O–H groups in total. The summed E-state index contributed by atoms with van der Waals surface area (Å²) in [5.74, 6) is -2.18. The van der Waals surface area contributed by atoms with Gasteiger partial charge in [-0.15, -0.1) is 0 Å². The third-order valence-electron chi connectivity index (χ3n) is 7.26. The number of nitrogens with one attached hydrogen (secondary N) is 2. The van der Waals surface area contributed by atoms with E-state index in [1.165, 1.54) is 43.2 Å². The molecule has 1 atom stereocenters. The van der Waals surface area contributed by atoms with Gasteiger partial charge >= 0.3 is 0 Å². The maximum Gasteiger partial charge on any atom is 0.254 e. The van der Waals surface area contributed by atoms with Crippen molar-refractivity contribution >= 4 is 18.7 Å². The van der Waals surface area contributed by atoms with E-state index in [-0.39, 0.29) is 18.7 Å². The SMILES string of the molecule is CC.CC.CCCC(C)N1Cc2cc(C)ccc2C1=O.FC1(F)CCC(NC2CCCCC2)CC1.O=CNC=O. The molecule has 3 aliphatic rings. The van der Waals surface area contributed by atoms with Crippen molar-refractivity contribution in [3.8, 4) is 0 Å². The second-order valence-corrected chi connectivity index (χ2v) is 10.3. The third kappa shape index (κ3) is 13.8. The molecule has 230 valence electrons. The molecule has 0 aromatic heterocycles. The Bertz CT molecular complexity index is 829. The summed E-state index contributed by atoms with van der Waals surface area (Å²) in [6.07, 6.45) is 10.8. The number of hydrogen-bond acceptors (Lipinski definition) is 4. The minimum atomic E-state index is -2.38. The van der Waals surface area contributed by atoms with Crippen LogP contribution >= 0.6 is 0 Å². The van der Waals surface area contributed by atoms with Gasteiger partial charge in [-0.3, -0.25) is 14.4 Å². The molecule has 0 spiro atoms. The van der Waals surface area contributed by atoms with Gasteiger partial charge in [0, 0.05) is 43.1 Å². The van der Waals surface area contributed by atoms with E-state index in [2.05, 4.69) is 32.2 Å². The second-order valence-electron chi connectivity index (χ2n) is 10.3. The first-order chi connectivity index (χ1) is 19.2. The maximum atomic E-state index is 12.9. The number of hydrogen-bond donors (Lipinski definition) is 2. The largest absolute Gasteiger partial charge is 0.332 e. The molecule has 0 saturated heterocycles. The second kappa shape index (κ2) is 21.4. The molecule has 6 nitrogen and oxygen atoms in total. The van der Waals surface area contributed by atoms with Gasteiger partial charge in [-0.25, -0.2) is 8.78 Å². The lowest BCUT2D eigenvalue weighted by Gasteiger charge is -2.33. The van der Waals surface area contributed by atoms with Gasteiger partial charge < -0.3 is 15.5 Å². The maximum absolute atomic E-state index is 12.9. The zero-order chi connectivity index (χ0) is 30.6. The first kappa shape index (κ1) is 37.6. The van der Waals surface area contributed by atoms with Crippen LogP contribution in [0.2, 0.25) is 0 Å². The average molecular weight is 568 g/mol. The van der Waals surface area contributed by atoms with E-state index in [0.717, 1.165) is 24.9 Å². The molecule has 1 aromatic carbocycles. The van der Waals surface area contributed by atoms with Gasteiger partial charge in [0.25, 0.3) is 5.91 Å². The molecule has 0 bridgehead atoms. The van der Waals surface area contributed by atoms with Gasteiger partial charge in [0.05, 0.1) is 0 Å². The number of rotatable bonds is 7. The summed E-state index contributed by atoms with van der Waals surface area (Å²) in [7, 11) is 0. The molecule has 2 fully saturated rings. The van der Waals surface area contributed by atoms with Gasteiger partial charge in [0.1, 0.15) is 0 Å². The summed E-state index contributed by atoms with van der Waals surface area (Å²) in [6.45, 7) is 15.2. The number of alkyl halides is 2. The third-order valence-corrected chi connectivity index (χ3v) is 7.26. The topological polar surface area (TPSA) is 78.5 Å². The van der Waals surface area contributed by atoms with Crippen LogP contribution in [0, 0.1) is 6.92 Å². The van der Waals surface area contributed by atoms with Gasteiger partial charge in [-0.05, 0) is 57.6 Å². The normalized spacial score (nSPS) is 18.5. The summed E-state index contributed by atoms with van der Waals surface area (Å²) in [6, 6.07) is 7.43. The molecule has 3 amide bonds. The molecule has 40 heavy (non-hydrogen) atoms. The Morgan fingerprint density at radius 3 is 2.02 bits per heavy atom. The number of fused-ring (bicyclic) bond motifs is 1. The van der Waals surface area contributed by atoms with Crippen LogP contribution in [-0.2, 0) is 16.1 Å². The molecule has 4 rings (SSSR count). The van der Waals surface area contributed by atoms with Crippen LogP contribution in [0.3, 0.4) is 0 Å². The van der Waals surface area contributed by atoms with E-state index < -0.39 is 5.92 Å². The number of benzene rings is 1. The van der Waals surface area contributed by atoms with E-state index in [1.807, 2.05) is 44.7 Å². The Morgan fingerprint density at radius 2 is 1.52 bits per heavy atom. The minimum absolute atomic E-state index is 0.0807. The quantitative estimate of drug-likeness (QED) is 0.333. The van der Waals surface area contributed by atoms with Crippen LogP contribution in [0.1, 0.15) is 134 Å². The monoisotopic (exact) mass is 567 g/mol. The number of amides is 3. The van der Waals surface area contributed by atoms with Crippen LogP contribution in [-0.4, -0.2) is 47.7 Å². The molecule has 1 unspecified atom stereocenters. The fourth-order valence-electron chi connectivity index (χ4n) is 5.24. The van der Waals surface area contributed by atoms with Gasteiger partial charge in [0.15, 0.2) is 0 Å². The van der Waals surface area contributed by atoms with E-state index in [9.17, 15) is 13.6 Å². The molecule has 1 heterocycles. The van der Waals surface area contributed by atoms with Crippen LogP contribution in [0.4, 0.5) is 8.78 Å². The van der Waals surface area contributed by atoms with Crippen molar-refractivity contribution in [3.63, 3.8) is 0 Å². The highest BCUT2D eigenvalue weighted by Gasteiger charge is 2.35. The standard InChI is InChI=1S/C14H19NO.C12H21F2N.C2H3NO2.2C2H6/c1-4-5-11(3)15-9-12-8-10(2)6-7-13(12)14(15)16;13-12(14)8-6-11(7-9-12)15-10-4-2-1-3-5-10;4-1-3-2-5;2*1-2/h6-8,11H,4-5,9H2,1-3H3;10-11,15H,1-9H2;1-2H,(H,3,4,5);2*1-2H3. The zero-order valence-corrected chi connectivity index (χ0v) is 26.0. The molecular weight excluding hydrogens is 512 g/mol. The van der Waals surface area contributed by atoms with Crippen molar-refractivity contribution in [2.75, 3.05) is 0 Å². The van der Waals surface area contributed by atoms with Crippen molar-refractivity contribution in [2.45, 2.75) is 150 Å². The van der Waals surface area contributed by atoms with Crippen molar-refractivity contribution in [1.29, 1.82) is 0 Å². The first-order valence-electron chi connectivity index (χ1n) is 15.4. The number of carbonyl (C=O) groups excluding carboxylic acids is 3. The van der Waals surface area contributed by atoms with Crippen LogP contribution in [0.5, 0.6) is 0 Å². The fraction of sp³-hybridized carbons (Fsp3) is 0.719. The fourth-order valence-corrected chi connectivity index (χ4v) is 5.24. The van der Waals surface area contributed by atoms with Crippen LogP contribution in [0.25, 0.3) is 0 Å². The predicted octanol–water partition coefficient (Wildman–Crippen LogP) is 7.57. The van der Waals surface area contributed by atoms with E-state index in [4.69, 9.17) is 9.59 Å². The highest BCUT2D eigenvalue weighted by Crippen LogP contribution is 2.33. The molecule has 0 radical (unpaired) electrons. The summed E-state index contributed by atoms with van der Waals surface area (Å²) in [5.41, 5.74) is 3.32. The summed E-state index contributed by atoms with van der Waals surface area (Å²) in [4.78, 5) is 32.3. The van der Waals surface area contributed by atoms with Crippen LogP contribution in [0.15, 0.2) is 18.2 Å². The lowest BCUT2D eigenvalue weighted by Crippen LogP contribution is -2.43. The Morgan fingerprint density at radius 1 is 0.975 bits per heavy atom. The summed E-state index contributed by atoms with van der Waals surface area (Å²) in [5, 5.41) is 5.31. The van der Waals surface area contributed by atoms with E-state index in [1.54, 1.807) is 5.32 Å². The van der Waals surface area contributed by atoms with Crippen molar-refractivity contribution < 1.29 is 23.2 Å². The average Bonchev–Trinajstić information content (AvgIpc) is 3.29. The Kier molecular flexibility index (Phi) is 20.1. The highest BCUT2D eigenvalue weighted by atomic mass is 19.3. The zero-order valence-electron chi connectivity index (χ0n) is 26.0. The lowest BCUT2D eigenvalue weighted by atomic mass is 9.89. The number of nitrogens with zero attached hydrogens (tertiary/aromatic N) is 1. The summed E-state index contributed by atoms with van der Waals surface area (Å²) >= 11 is 0. The number of carbonyl (C=O) groups is 3. The Hall–Kier alpha value is -2.35. The van der Waals surface area contributed by atoms with E-state index in [0.29, 0.717) is 43.8 Å². The predicted molar refractivity (Wildman–Crippen MR) is 161 cm³/mol. The Balaban J connectivity index is 0.000000591. The Labute approximate surface area is 242 Å².